The maximum Gasteiger partial charge on any atom is 0.433 e. The zero-order valence-electron chi connectivity index (χ0n) is 9.78. The van der Waals surface area contributed by atoms with Crippen molar-refractivity contribution < 1.29 is 14.1 Å². The molecule has 0 spiro atoms. The number of hydrogen-bond acceptors (Lipinski definition) is 4. The highest BCUT2D eigenvalue weighted by molar-refractivity contribution is 5.71. The van der Waals surface area contributed by atoms with Gasteiger partial charge in [-0.25, -0.2) is 0 Å². The lowest BCUT2D eigenvalue weighted by atomic mass is 10.0. The van der Waals surface area contributed by atoms with Gasteiger partial charge in [-0.15, -0.1) is 6.42 Å². The van der Waals surface area contributed by atoms with Crippen molar-refractivity contribution in [3.63, 3.8) is 0 Å². The summed E-state index contributed by atoms with van der Waals surface area (Å²) in [5.74, 6) is 2.23. The molecule has 0 bridgehead atoms. The van der Waals surface area contributed by atoms with Gasteiger partial charge in [0.25, 0.3) is 0 Å². The summed E-state index contributed by atoms with van der Waals surface area (Å²) >= 11 is 0. The minimum Gasteiger partial charge on any atom is -0.409 e. The molecule has 1 heterocycles. The first-order chi connectivity index (χ1) is 9.13. The Morgan fingerprint density at radius 2 is 2.05 bits per heavy atom. The second kappa shape index (κ2) is 6.61. The van der Waals surface area contributed by atoms with Crippen molar-refractivity contribution in [1.82, 2.24) is 0 Å². The Hall–Kier alpha value is -3.07. The van der Waals surface area contributed by atoms with Crippen LogP contribution in [0.5, 0.6) is 0 Å². The maximum atomic E-state index is 10.5. The van der Waals surface area contributed by atoms with Crippen LogP contribution in [0.15, 0.2) is 41.0 Å². The molecular weight excluding hydrogens is 248 g/mol. The highest BCUT2D eigenvalue weighted by Crippen LogP contribution is 2.28. The van der Waals surface area contributed by atoms with Crippen LogP contribution in [0.3, 0.4) is 0 Å². The van der Waals surface area contributed by atoms with E-state index in [1.165, 1.54) is 12.3 Å². The number of nitro groups is 1. The van der Waals surface area contributed by atoms with E-state index in [2.05, 4.69) is 11.7 Å². The first kappa shape index (κ1) is 14.0. The van der Waals surface area contributed by atoms with E-state index < -0.39 is 4.92 Å². The summed E-state index contributed by atoms with van der Waals surface area (Å²) in [6.07, 6.45) is 6.92. The third-order valence-corrected chi connectivity index (χ3v) is 2.16. The molecule has 1 aromatic carbocycles. The molecule has 2 rings (SSSR count). The second-order valence-corrected chi connectivity index (χ2v) is 3.26. The van der Waals surface area contributed by atoms with Gasteiger partial charge < -0.3 is 10.2 Å². The normalized spacial score (nSPS) is 8.79. The molecule has 19 heavy (non-hydrogen) atoms. The van der Waals surface area contributed by atoms with Crippen LogP contribution < -0.4 is 5.73 Å². The number of benzene rings is 1. The third-order valence-electron chi connectivity index (χ3n) is 2.16. The van der Waals surface area contributed by atoms with Crippen molar-refractivity contribution >= 4 is 12.3 Å². The van der Waals surface area contributed by atoms with Crippen LogP contribution in [0.2, 0.25) is 0 Å². The lowest BCUT2D eigenvalue weighted by molar-refractivity contribution is -0.402. The summed E-state index contributed by atoms with van der Waals surface area (Å²) in [4.78, 5) is 18.5. The van der Waals surface area contributed by atoms with Crippen LogP contribution in [-0.4, -0.2) is 11.3 Å². The summed E-state index contributed by atoms with van der Waals surface area (Å²) in [5.41, 5.74) is 6.21. The molecule has 0 aliphatic rings. The molecule has 0 unspecified atom stereocenters. The van der Waals surface area contributed by atoms with Gasteiger partial charge in [0.15, 0.2) is 0 Å². The van der Waals surface area contributed by atoms with Gasteiger partial charge in [-0.05, 0) is 6.07 Å². The Morgan fingerprint density at radius 3 is 2.58 bits per heavy atom. The van der Waals surface area contributed by atoms with Crippen LogP contribution >= 0.6 is 0 Å². The van der Waals surface area contributed by atoms with Gasteiger partial charge in [-0.2, -0.15) is 0 Å². The number of nitrogens with zero attached hydrogens (tertiary/aromatic N) is 1. The van der Waals surface area contributed by atoms with E-state index in [0.29, 0.717) is 11.1 Å². The quantitative estimate of drug-likeness (QED) is 0.385. The first-order valence-electron chi connectivity index (χ1n) is 5.08. The minimum atomic E-state index is -0.581. The van der Waals surface area contributed by atoms with E-state index in [1.54, 1.807) is 12.1 Å². The Labute approximate surface area is 109 Å². The fourth-order valence-corrected chi connectivity index (χ4v) is 1.42. The number of carbonyl (C=O) groups excluding carboxylic acids is 1. The van der Waals surface area contributed by atoms with E-state index in [9.17, 15) is 10.1 Å². The van der Waals surface area contributed by atoms with Crippen molar-refractivity contribution in [3.05, 3.63) is 52.3 Å². The van der Waals surface area contributed by atoms with Gasteiger partial charge in [0.2, 0.25) is 6.41 Å². The zero-order chi connectivity index (χ0) is 14.3. The fourth-order valence-electron chi connectivity index (χ4n) is 1.42. The van der Waals surface area contributed by atoms with E-state index in [-0.39, 0.29) is 12.3 Å². The SMILES string of the molecule is C#Cc1ccccc1-c1coc([N+](=O)[O-])c1.NC=O. The first-order valence-corrected chi connectivity index (χ1v) is 5.08. The van der Waals surface area contributed by atoms with Crippen LogP contribution in [0.4, 0.5) is 5.88 Å². The average molecular weight is 258 g/mol. The molecule has 1 aromatic heterocycles. The molecule has 0 saturated carbocycles. The number of carbonyl (C=O) groups is 1. The lowest BCUT2D eigenvalue weighted by Crippen LogP contribution is -1.83. The molecular formula is C13H10N2O4. The predicted molar refractivity (Wildman–Crippen MR) is 69.0 cm³/mol. The third kappa shape index (κ3) is 3.44. The molecule has 1 amide bonds. The molecule has 6 nitrogen and oxygen atoms in total. The number of primary amides is 1. The number of hydrogen-bond donors (Lipinski definition) is 1. The number of furan rings is 1. The van der Waals surface area contributed by atoms with Gasteiger partial charge in [0, 0.05) is 16.7 Å². The molecule has 0 atom stereocenters. The largest absolute Gasteiger partial charge is 0.433 e. The highest BCUT2D eigenvalue weighted by atomic mass is 16.6. The number of terminal acetylenes is 1. The van der Waals surface area contributed by atoms with Crippen molar-refractivity contribution in [2.75, 3.05) is 0 Å². The molecule has 0 aliphatic heterocycles. The number of rotatable bonds is 2. The summed E-state index contributed by atoms with van der Waals surface area (Å²) in [6.45, 7) is 0. The van der Waals surface area contributed by atoms with E-state index >= 15 is 0 Å². The predicted octanol–water partition coefficient (Wildman–Crippen LogP) is 1.94. The average Bonchev–Trinajstić information content (AvgIpc) is 2.89. The molecule has 0 radical (unpaired) electrons. The monoisotopic (exact) mass is 258 g/mol. The van der Waals surface area contributed by atoms with Crippen LogP contribution in [0, 0.1) is 22.5 Å². The molecule has 2 aromatic rings. The smallest absolute Gasteiger partial charge is 0.409 e. The van der Waals surface area contributed by atoms with E-state index in [4.69, 9.17) is 15.6 Å². The Bertz CT molecular complexity index is 626. The summed E-state index contributed by atoms with van der Waals surface area (Å²) in [7, 11) is 0. The summed E-state index contributed by atoms with van der Waals surface area (Å²) in [5, 5.41) is 10.5. The van der Waals surface area contributed by atoms with Crippen LogP contribution in [-0.2, 0) is 4.79 Å². The van der Waals surface area contributed by atoms with Crippen molar-refractivity contribution in [2.45, 2.75) is 0 Å². The zero-order valence-corrected chi connectivity index (χ0v) is 9.78. The van der Waals surface area contributed by atoms with E-state index in [1.807, 2.05) is 12.1 Å². The van der Waals surface area contributed by atoms with Crippen molar-refractivity contribution in [2.24, 2.45) is 5.73 Å². The molecule has 96 valence electrons. The van der Waals surface area contributed by atoms with Crippen molar-refractivity contribution in [3.8, 4) is 23.5 Å². The van der Waals surface area contributed by atoms with E-state index in [0.717, 1.165) is 5.56 Å². The van der Waals surface area contributed by atoms with Crippen LogP contribution in [0.1, 0.15) is 5.56 Å². The van der Waals surface area contributed by atoms with Gasteiger partial charge in [0.05, 0.1) is 6.07 Å². The molecule has 0 saturated heterocycles. The summed E-state index contributed by atoms with van der Waals surface area (Å²) < 4.78 is 4.81. The standard InChI is InChI=1S/C12H7NO3.CH3NO/c1-2-9-5-3-4-6-11(9)10-7-12(13(14)15)16-8-10;2-1-3/h1,3-8H;1H,(H2,2,3). The fraction of sp³-hybridized carbons (Fsp3) is 0. The summed E-state index contributed by atoms with van der Waals surface area (Å²) in [6, 6.07) is 8.55. The Kier molecular flexibility index (Phi) is 4.87. The molecule has 6 heteroatoms. The van der Waals surface area contributed by atoms with Gasteiger partial charge in [-0.3, -0.25) is 14.9 Å². The topological polar surface area (TPSA) is 99.4 Å². The molecule has 0 aliphatic carbocycles. The van der Waals surface area contributed by atoms with Gasteiger partial charge in [-0.1, -0.05) is 24.1 Å². The van der Waals surface area contributed by atoms with Crippen LogP contribution in [0.25, 0.3) is 11.1 Å². The maximum absolute atomic E-state index is 10.5. The minimum absolute atomic E-state index is 0.250. The number of amides is 1. The highest BCUT2D eigenvalue weighted by Gasteiger charge is 2.14. The second-order valence-electron chi connectivity index (χ2n) is 3.26. The van der Waals surface area contributed by atoms with Gasteiger partial charge in [0.1, 0.15) is 11.2 Å². The molecule has 0 fully saturated rings. The lowest BCUT2D eigenvalue weighted by Gasteiger charge is -1.99. The Morgan fingerprint density at radius 1 is 1.42 bits per heavy atom. The van der Waals surface area contributed by atoms with Crippen molar-refractivity contribution in [1.29, 1.82) is 0 Å². The van der Waals surface area contributed by atoms with Gasteiger partial charge >= 0.3 is 5.88 Å². The number of nitrogens with two attached hydrogens (primary N) is 1. The Balaban J connectivity index is 0.000000550. The molecule has 2 N–H and O–H groups in total.